The molecule has 2 N–H and O–H groups in total. The lowest BCUT2D eigenvalue weighted by molar-refractivity contribution is 0.102. The van der Waals surface area contributed by atoms with E-state index >= 15 is 0 Å². The van der Waals surface area contributed by atoms with Crippen molar-refractivity contribution in [2.75, 3.05) is 5.32 Å². The Hall–Kier alpha value is -2.96. The van der Waals surface area contributed by atoms with Gasteiger partial charge in [0, 0.05) is 22.9 Å². The predicted octanol–water partition coefficient (Wildman–Crippen LogP) is 2.02. The van der Waals surface area contributed by atoms with Crippen molar-refractivity contribution in [2.45, 2.75) is 6.92 Å². The average molecular weight is 269 g/mol. The second kappa shape index (κ2) is 4.96. The largest absolute Gasteiger partial charge is 0.423 e. The van der Waals surface area contributed by atoms with Gasteiger partial charge >= 0.3 is 0 Å². The van der Waals surface area contributed by atoms with Gasteiger partial charge in [-0.15, -0.1) is 10.2 Å². The molecule has 0 saturated carbocycles. The highest BCUT2D eigenvalue weighted by Gasteiger charge is 2.09. The van der Waals surface area contributed by atoms with Crippen molar-refractivity contribution >= 4 is 11.7 Å². The van der Waals surface area contributed by atoms with E-state index in [2.05, 4.69) is 25.7 Å². The van der Waals surface area contributed by atoms with Crippen LogP contribution in [0.2, 0.25) is 0 Å². The molecule has 0 radical (unpaired) electrons. The number of aromatic amines is 1. The SMILES string of the molecule is Cc1cc(NC(=O)c2ccc(-c3nnco3)cc2)n[nH]1. The number of aromatic nitrogens is 4. The first-order valence-corrected chi connectivity index (χ1v) is 5.92. The van der Waals surface area contributed by atoms with Crippen molar-refractivity contribution in [3.8, 4) is 11.5 Å². The molecule has 0 aliphatic carbocycles. The summed E-state index contributed by atoms with van der Waals surface area (Å²) in [5, 5.41) is 16.8. The number of H-pyrrole nitrogens is 1. The zero-order valence-corrected chi connectivity index (χ0v) is 10.6. The van der Waals surface area contributed by atoms with E-state index in [1.807, 2.05) is 6.92 Å². The second-order valence-corrected chi connectivity index (χ2v) is 4.21. The van der Waals surface area contributed by atoms with Crippen LogP contribution in [0.25, 0.3) is 11.5 Å². The number of benzene rings is 1. The van der Waals surface area contributed by atoms with E-state index in [1.165, 1.54) is 6.39 Å². The van der Waals surface area contributed by atoms with Gasteiger partial charge in [0.2, 0.25) is 12.3 Å². The number of amides is 1. The van der Waals surface area contributed by atoms with Gasteiger partial charge in [-0.25, -0.2) is 0 Å². The minimum absolute atomic E-state index is 0.228. The van der Waals surface area contributed by atoms with E-state index in [9.17, 15) is 4.79 Å². The molecule has 100 valence electrons. The molecule has 1 aromatic carbocycles. The summed E-state index contributed by atoms with van der Waals surface area (Å²) >= 11 is 0. The Balaban J connectivity index is 1.75. The Morgan fingerprint density at radius 1 is 1.30 bits per heavy atom. The van der Waals surface area contributed by atoms with E-state index in [-0.39, 0.29) is 5.91 Å². The molecule has 0 saturated heterocycles. The number of carbonyl (C=O) groups is 1. The zero-order chi connectivity index (χ0) is 13.9. The second-order valence-electron chi connectivity index (χ2n) is 4.21. The highest BCUT2D eigenvalue weighted by molar-refractivity contribution is 6.03. The van der Waals surface area contributed by atoms with Gasteiger partial charge < -0.3 is 9.73 Å². The summed E-state index contributed by atoms with van der Waals surface area (Å²) in [7, 11) is 0. The van der Waals surface area contributed by atoms with Crippen LogP contribution < -0.4 is 5.32 Å². The van der Waals surface area contributed by atoms with Crippen LogP contribution in [-0.4, -0.2) is 26.3 Å². The molecule has 0 fully saturated rings. The normalized spacial score (nSPS) is 10.4. The summed E-state index contributed by atoms with van der Waals surface area (Å²) in [6.45, 7) is 1.86. The van der Waals surface area contributed by atoms with Crippen molar-refractivity contribution in [2.24, 2.45) is 0 Å². The van der Waals surface area contributed by atoms with Gasteiger partial charge in [0.25, 0.3) is 5.91 Å². The zero-order valence-electron chi connectivity index (χ0n) is 10.6. The molecule has 0 aliphatic rings. The van der Waals surface area contributed by atoms with Crippen molar-refractivity contribution in [1.29, 1.82) is 0 Å². The van der Waals surface area contributed by atoms with Gasteiger partial charge in [-0.3, -0.25) is 9.89 Å². The highest BCUT2D eigenvalue weighted by Crippen LogP contribution is 2.17. The first kappa shape index (κ1) is 12.1. The maximum atomic E-state index is 12.0. The monoisotopic (exact) mass is 269 g/mol. The minimum Gasteiger partial charge on any atom is -0.423 e. The van der Waals surface area contributed by atoms with Crippen LogP contribution >= 0.6 is 0 Å². The Morgan fingerprint density at radius 2 is 2.10 bits per heavy atom. The lowest BCUT2D eigenvalue weighted by atomic mass is 10.1. The first-order valence-electron chi connectivity index (χ1n) is 5.92. The molecule has 0 spiro atoms. The molecular formula is C13H11N5O2. The van der Waals surface area contributed by atoms with Crippen LogP contribution in [-0.2, 0) is 0 Å². The molecule has 0 aliphatic heterocycles. The van der Waals surface area contributed by atoms with E-state index in [0.29, 0.717) is 17.3 Å². The molecule has 0 unspecified atom stereocenters. The fourth-order valence-electron chi connectivity index (χ4n) is 1.73. The fourth-order valence-corrected chi connectivity index (χ4v) is 1.73. The lowest BCUT2D eigenvalue weighted by Gasteiger charge is -2.02. The van der Waals surface area contributed by atoms with Crippen molar-refractivity contribution in [3.05, 3.63) is 48.0 Å². The first-order chi connectivity index (χ1) is 9.72. The predicted molar refractivity (Wildman–Crippen MR) is 71.0 cm³/mol. The fraction of sp³-hybridized carbons (Fsp3) is 0.0769. The smallest absolute Gasteiger partial charge is 0.256 e. The molecule has 0 atom stereocenters. The molecular weight excluding hydrogens is 258 g/mol. The molecule has 3 rings (SSSR count). The summed E-state index contributed by atoms with van der Waals surface area (Å²) in [5.41, 5.74) is 2.16. The number of hydrogen-bond acceptors (Lipinski definition) is 5. The van der Waals surface area contributed by atoms with E-state index < -0.39 is 0 Å². The quantitative estimate of drug-likeness (QED) is 0.758. The summed E-state index contributed by atoms with van der Waals surface area (Å²) in [6.07, 6.45) is 1.26. The number of carbonyl (C=O) groups excluding carboxylic acids is 1. The van der Waals surface area contributed by atoms with Crippen molar-refractivity contribution < 1.29 is 9.21 Å². The number of rotatable bonds is 3. The van der Waals surface area contributed by atoms with Crippen LogP contribution in [0.3, 0.4) is 0 Å². The third kappa shape index (κ3) is 2.41. The number of aryl methyl sites for hydroxylation is 1. The minimum atomic E-state index is -0.228. The number of nitrogens with one attached hydrogen (secondary N) is 2. The standard InChI is InChI=1S/C13H11N5O2/c1-8-6-11(17-16-8)15-12(19)9-2-4-10(5-3-9)13-18-14-7-20-13/h2-7H,1H3,(H2,15,16,17,19). The van der Waals surface area contributed by atoms with E-state index in [1.54, 1.807) is 30.3 Å². The molecule has 2 aromatic heterocycles. The summed E-state index contributed by atoms with van der Waals surface area (Å²) in [5.74, 6) is 0.682. The average Bonchev–Trinajstić information content (AvgIpc) is 3.11. The Kier molecular flexibility index (Phi) is 3.00. The Bertz CT molecular complexity index is 716. The van der Waals surface area contributed by atoms with Crippen LogP contribution in [0, 0.1) is 6.92 Å². The maximum absolute atomic E-state index is 12.0. The summed E-state index contributed by atoms with van der Waals surface area (Å²) < 4.78 is 5.08. The van der Waals surface area contributed by atoms with Gasteiger partial charge in [0.15, 0.2) is 5.82 Å². The third-order valence-corrected chi connectivity index (χ3v) is 2.70. The van der Waals surface area contributed by atoms with Gasteiger partial charge in [-0.2, -0.15) is 5.10 Å². The Labute approximate surface area is 114 Å². The number of anilines is 1. The Morgan fingerprint density at radius 3 is 2.70 bits per heavy atom. The topological polar surface area (TPSA) is 96.7 Å². The van der Waals surface area contributed by atoms with Gasteiger partial charge in [-0.1, -0.05) is 0 Å². The van der Waals surface area contributed by atoms with Crippen LogP contribution in [0.15, 0.2) is 41.1 Å². The highest BCUT2D eigenvalue weighted by atomic mass is 16.4. The molecule has 1 amide bonds. The van der Waals surface area contributed by atoms with Crippen LogP contribution in [0.5, 0.6) is 0 Å². The molecule has 7 nitrogen and oxygen atoms in total. The molecule has 7 heteroatoms. The van der Waals surface area contributed by atoms with Gasteiger partial charge in [0.1, 0.15) is 0 Å². The van der Waals surface area contributed by atoms with E-state index in [0.717, 1.165) is 11.3 Å². The third-order valence-electron chi connectivity index (χ3n) is 2.70. The van der Waals surface area contributed by atoms with E-state index in [4.69, 9.17) is 4.42 Å². The van der Waals surface area contributed by atoms with Crippen molar-refractivity contribution in [1.82, 2.24) is 20.4 Å². The molecule has 3 aromatic rings. The molecule has 0 bridgehead atoms. The number of nitrogens with zero attached hydrogens (tertiary/aromatic N) is 3. The summed E-state index contributed by atoms with van der Waals surface area (Å²) in [6, 6.07) is 8.63. The molecule has 2 heterocycles. The van der Waals surface area contributed by atoms with Gasteiger partial charge in [-0.05, 0) is 31.2 Å². The maximum Gasteiger partial charge on any atom is 0.256 e. The van der Waals surface area contributed by atoms with Gasteiger partial charge in [0.05, 0.1) is 0 Å². The van der Waals surface area contributed by atoms with Crippen LogP contribution in [0.1, 0.15) is 16.1 Å². The lowest BCUT2D eigenvalue weighted by Crippen LogP contribution is -2.11. The molecule has 20 heavy (non-hydrogen) atoms. The number of hydrogen-bond donors (Lipinski definition) is 2. The summed E-state index contributed by atoms with van der Waals surface area (Å²) in [4.78, 5) is 12.0. The van der Waals surface area contributed by atoms with Crippen molar-refractivity contribution in [3.63, 3.8) is 0 Å². The van der Waals surface area contributed by atoms with Crippen LogP contribution in [0.4, 0.5) is 5.82 Å².